The molecule has 2 aromatic heterocycles. The van der Waals surface area contributed by atoms with Gasteiger partial charge in [0.05, 0.1) is 34.0 Å². The molecule has 0 spiro atoms. The lowest BCUT2D eigenvalue weighted by atomic mass is 10.2. The highest BCUT2D eigenvalue weighted by molar-refractivity contribution is 6.32. The highest BCUT2D eigenvalue weighted by atomic mass is 35.5. The van der Waals surface area contributed by atoms with Gasteiger partial charge in [0.1, 0.15) is 24.0 Å². The Bertz CT molecular complexity index is 1550. The number of carbonyl (C=O) groups excluding carboxylic acids is 1. The van der Waals surface area contributed by atoms with Crippen LogP contribution in [0.25, 0.3) is 16.7 Å². The van der Waals surface area contributed by atoms with Crippen LogP contribution in [0.2, 0.25) is 5.02 Å². The standard InChI is InChI=1S/C26H21ClF2N4O3/c1-2-25(34)31-10-8-19(14-31)33-22-7-9-30-13-23(22)32(26(33)35)18-5-6-24(20(27)12-18)36-15-16-3-4-17(28)11-21(16)29/h2-7,9,11-13,19H,1,8,10,14-15H2. The van der Waals surface area contributed by atoms with E-state index in [0.717, 1.165) is 12.1 Å². The monoisotopic (exact) mass is 510 g/mol. The van der Waals surface area contributed by atoms with E-state index in [9.17, 15) is 18.4 Å². The van der Waals surface area contributed by atoms with Crippen molar-refractivity contribution in [1.82, 2.24) is 19.0 Å². The van der Waals surface area contributed by atoms with Crippen molar-refractivity contribution in [3.63, 3.8) is 0 Å². The fourth-order valence-electron chi connectivity index (χ4n) is 4.49. The molecule has 1 fully saturated rings. The Morgan fingerprint density at radius 1 is 1.19 bits per heavy atom. The van der Waals surface area contributed by atoms with E-state index in [-0.39, 0.29) is 40.6 Å². The molecule has 1 atom stereocenters. The van der Waals surface area contributed by atoms with Gasteiger partial charge in [-0.2, -0.15) is 0 Å². The van der Waals surface area contributed by atoms with Crippen molar-refractivity contribution in [2.24, 2.45) is 0 Å². The van der Waals surface area contributed by atoms with E-state index in [1.807, 2.05) is 0 Å². The lowest BCUT2D eigenvalue weighted by molar-refractivity contribution is -0.125. The average Bonchev–Trinajstić information content (AvgIpc) is 3.45. The van der Waals surface area contributed by atoms with Crippen molar-refractivity contribution in [2.75, 3.05) is 13.1 Å². The molecular formula is C26H21ClF2N4O3. The number of hydrogen-bond acceptors (Lipinski definition) is 4. The van der Waals surface area contributed by atoms with Crippen molar-refractivity contribution >= 4 is 28.5 Å². The van der Waals surface area contributed by atoms with Gasteiger partial charge < -0.3 is 9.64 Å². The van der Waals surface area contributed by atoms with E-state index in [1.54, 1.807) is 46.1 Å². The summed E-state index contributed by atoms with van der Waals surface area (Å²) in [7, 11) is 0. The molecule has 3 heterocycles. The first-order chi connectivity index (χ1) is 17.4. The van der Waals surface area contributed by atoms with Gasteiger partial charge in [0, 0.05) is 30.9 Å². The minimum Gasteiger partial charge on any atom is -0.487 e. The molecule has 5 rings (SSSR count). The van der Waals surface area contributed by atoms with Gasteiger partial charge in [-0.05, 0) is 48.9 Å². The number of nitrogens with zero attached hydrogens (tertiary/aromatic N) is 4. The normalized spacial score (nSPS) is 15.4. The molecule has 10 heteroatoms. The number of amides is 1. The third-order valence-electron chi connectivity index (χ3n) is 6.26. The zero-order valence-electron chi connectivity index (χ0n) is 19.0. The van der Waals surface area contributed by atoms with Crippen LogP contribution in [0.3, 0.4) is 0 Å². The second-order valence-corrected chi connectivity index (χ2v) is 8.83. The van der Waals surface area contributed by atoms with Crippen LogP contribution >= 0.6 is 11.6 Å². The highest BCUT2D eigenvalue weighted by Crippen LogP contribution is 2.30. The second-order valence-electron chi connectivity index (χ2n) is 8.42. The van der Waals surface area contributed by atoms with Crippen LogP contribution in [0, 0.1) is 11.6 Å². The van der Waals surface area contributed by atoms with Gasteiger partial charge in [-0.3, -0.25) is 18.9 Å². The molecule has 0 N–H and O–H groups in total. The van der Waals surface area contributed by atoms with Crippen LogP contribution in [0.4, 0.5) is 8.78 Å². The van der Waals surface area contributed by atoms with E-state index < -0.39 is 11.6 Å². The first-order valence-electron chi connectivity index (χ1n) is 11.2. The Morgan fingerprint density at radius 3 is 2.78 bits per heavy atom. The zero-order valence-corrected chi connectivity index (χ0v) is 19.8. The van der Waals surface area contributed by atoms with Crippen LogP contribution in [0.15, 0.2) is 72.3 Å². The maximum Gasteiger partial charge on any atom is 0.334 e. The number of aromatic nitrogens is 3. The lowest BCUT2D eigenvalue weighted by Crippen LogP contribution is -2.31. The molecular weight excluding hydrogens is 490 g/mol. The summed E-state index contributed by atoms with van der Waals surface area (Å²) < 4.78 is 35.9. The van der Waals surface area contributed by atoms with E-state index in [2.05, 4.69) is 11.6 Å². The molecule has 1 aliphatic heterocycles. The minimum atomic E-state index is -0.713. The van der Waals surface area contributed by atoms with Crippen LogP contribution in [-0.4, -0.2) is 38.0 Å². The number of fused-ring (bicyclic) bond motifs is 1. The molecule has 0 radical (unpaired) electrons. The highest BCUT2D eigenvalue weighted by Gasteiger charge is 2.30. The molecule has 0 aliphatic carbocycles. The van der Waals surface area contributed by atoms with E-state index in [4.69, 9.17) is 16.3 Å². The number of likely N-dealkylation sites (tertiary alicyclic amines) is 1. The van der Waals surface area contributed by atoms with Gasteiger partial charge in [0.25, 0.3) is 0 Å². The number of pyridine rings is 1. The molecule has 1 amide bonds. The van der Waals surface area contributed by atoms with Crippen molar-refractivity contribution in [1.29, 1.82) is 0 Å². The summed E-state index contributed by atoms with van der Waals surface area (Å²) in [5, 5.41) is 0.218. The van der Waals surface area contributed by atoms with Gasteiger partial charge >= 0.3 is 5.69 Å². The Hall–Kier alpha value is -3.98. The number of imidazole rings is 1. The summed E-state index contributed by atoms with van der Waals surface area (Å²) in [4.78, 5) is 31.5. The molecule has 2 aromatic carbocycles. The third kappa shape index (κ3) is 4.26. The van der Waals surface area contributed by atoms with Crippen LogP contribution in [0.5, 0.6) is 5.75 Å². The Labute approximate surface area is 209 Å². The topological polar surface area (TPSA) is 69.4 Å². The Morgan fingerprint density at radius 2 is 2.03 bits per heavy atom. The molecule has 0 saturated carbocycles. The van der Waals surface area contributed by atoms with Crippen LogP contribution < -0.4 is 10.4 Å². The molecule has 7 nitrogen and oxygen atoms in total. The smallest absolute Gasteiger partial charge is 0.334 e. The summed E-state index contributed by atoms with van der Waals surface area (Å²) >= 11 is 6.45. The molecule has 36 heavy (non-hydrogen) atoms. The predicted molar refractivity (Wildman–Crippen MR) is 131 cm³/mol. The first kappa shape index (κ1) is 23.7. The van der Waals surface area contributed by atoms with Gasteiger partial charge in [0.15, 0.2) is 0 Å². The Balaban J connectivity index is 1.47. The first-order valence-corrected chi connectivity index (χ1v) is 11.6. The number of benzene rings is 2. The molecule has 184 valence electrons. The van der Waals surface area contributed by atoms with Crippen LogP contribution in [-0.2, 0) is 11.4 Å². The number of halogens is 3. The largest absolute Gasteiger partial charge is 0.487 e. The fraction of sp³-hybridized carbons (Fsp3) is 0.192. The van der Waals surface area contributed by atoms with E-state index in [0.29, 0.717) is 36.2 Å². The summed E-state index contributed by atoms with van der Waals surface area (Å²) in [6.45, 7) is 4.33. The maximum atomic E-state index is 13.9. The second kappa shape index (κ2) is 9.58. The summed E-state index contributed by atoms with van der Waals surface area (Å²) in [6, 6.07) is 9.65. The van der Waals surface area contributed by atoms with Gasteiger partial charge in [0.2, 0.25) is 5.91 Å². The Kier molecular flexibility index (Phi) is 6.32. The molecule has 1 saturated heterocycles. The number of carbonyl (C=O) groups is 1. The third-order valence-corrected chi connectivity index (χ3v) is 6.56. The van der Waals surface area contributed by atoms with Gasteiger partial charge in [-0.15, -0.1) is 0 Å². The number of rotatable bonds is 6. The predicted octanol–water partition coefficient (Wildman–Crippen LogP) is 4.66. The maximum absolute atomic E-state index is 13.9. The summed E-state index contributed by atoms with van der Waals surface area (Å²) in [6.07, 6.45) is 5.12. The molecule has 1 aliphatic rings. The molecule has 4 aromatic rings. The average molecular weight is 511 g/mol. The van der Waals surface area contributed by atoms with Gasteiger partial charge in [-0.25, -0.2) is 13.6 Å². The van der Waals surface area contributed by atoms with Crippen LogP contribution in [0.1, 0.15) is 18.0 Å². The van der Waals surface area contributed by atoms with Gasteiger partial charge in [-0.1, -0.05) is 18.2 Å². The molecule has 0 bridgehead atoms. The molecule has 1 unspecified atom stereocenters. The number of hydrogen-bond donors (Lipinski definition) is 0. The van der Waals surface area contributed by atoms with Crippen molar-refractivity contribution in [2.45, 2.75) is 19.1 Å². The minimum absolute atomic E-state index is 0.143. The fourth-order valence-corrected chi connectivity index (χ4v) is 4.72. The summed E-state index contributed by atoms with van der Waals surface area (Å²) in [5.74, 6) is -1.27. The van der Waals surface area contributed by atoms with Crippen molar-refractivity contribution < 1.29 is 18.3 Å². The van der Waals surface area contributed by atoms with Crippen molar-refractivity contribution in [3.8, 4) is 11.4 Å². The number of ether oxygens (including phenoxy) is 1. The SMILES string of the molecule is C=CC(=O)N1CCC(n2c(=O)n(-c3ccc(OCc4ccc(F)cc4F)c(Cl)c3)c3cnccc32)C1. The zero-order chi connectivity index (χ0) is 25.4. The van der Waals surface area contributed by atoms with E-state index in [1.165, 1.54) is 16.7 Å². The van der Waals surface area contributed by atoms with E-state index >= 15 is 0 Å². The van der Waals surface area contributed by atoms with Crippen molar-refractivity contribution in [3.05, 3.63) is 100 Å². The quantitative estimate of drug-likeness (QED) is 0.354. The summed E-state index contributed by atoms with van der Waals surface area (Å²) in [5.41, 5.74) is 1.68. The lowest BCUT2D eigenvalue weighted by Gasteiger charge is -2.15.